The summed E-state index contributed by atoms with van der Waals surface area (Å²) in [6, 6.07) is 0. The summed E-state index contributed by atoms with van der Waals surface area (Å²) in [5.74, 6) is -0.143. The number of esters is 1. The average Bonchev–Trinajstić information content (AvgIpc) is 2.95. The van der Waals surface area contributed by atoms with Gasteiger partial charge in [-0.2, -0.15) is 0 Å². The van der Waals surface area contributed by atoms with E-state index in [1.54, 1.807) is 6.20 Å². The third kappa shape index (κ3) is 2.41. The van der Waals surface area contributed by atoms with E-state index in [2.05, 4.69) is 14.7 Å². The number of thiazole rings is 1. The zero-order valence-corrected chi connectivity index (χ0v) is 11.0. The summed E-state index contributed by atoms with van der Waals surface area (Å²) >= 11 is 1.44. The number of carbonyl (C=O) groups excluding carboxylic acids is 1. The molecule has 0 saturated carbocycles. The second-order valence-electron chi connectivity index (χ2n) is 3.46. The molecular weight excluding hydrogens is 256 g/mol. The summed E-state index contributed by atoms with van der Waals surface area (Å²) in [5, 5.41) is 0.899. The van der Waals surface area contributed by atoms with Gasteiger partial charge in [-0.1, -0.05) is 0 Å². The Hall–Kier alpha value is -1.73. The number of rotatable bonds is 4. The van der Waals surface area contributed by atoms with Crippen molar-refractivity contribution < 1.29 is 18.7 Å². The highest BCUT2D eigenvalue weighted by atomic mass is 32.1. The fourth-order valence-corrected chi connectivity index (χ4v) is 2.11. The molecule has 0 aliphatic rings. The summed E-state index contributed by atoms with van der Waals surface area (Å²) < 4.78 is 15.0. The lowest BCUT2D eigenvalue weighted by Crippen LogP contribution is -2.04. The average molecular weight is 268 g/mol. The number of nitrogens with zero attached hydrogens (tertiary/aromatic N) is 2. The smallest absolute Gasteiger partial charge is 0.376 e. The molecule has 0 unspecified atom stereocenters. The Balaban J connectivity index is 2.41. The summed E-state index contributed by atoms with van der Waals surface area (Å²) in [5.41, 5.74) is 0.422. The first-order valence-corrected chi connectivity index (χ1v) is 5.97. The van der Waals surface area contributed by atoms with Crippen LogP contribution in [-0.2, 0) is 16.1 Å². The van der Waals surface area contributed by atoms with Crippen molar-refractivity contribution in [2.24, 2.45) is 0 Å². The van der Waals surface area contributed by atoms with Crippen LogP contribution in [0.25, 0.3) is 10.8 Å². The summed E-state index contributed by atoms with van der Waals surface area (Å²) in [7, 11) is 2.81. The highest BCUT2D eigenvalue weighted by molar-refractivity contribution is 7.14. The van der Waals surface area contributed by atoms with Gasteiger partial charge in [0.25, 0.3) is 0 Å². The molecule has 2 aromatic heterocycles. The van der Waals surface area contributed by atoms with Gasteiger partial charge in [0.2, 0.25) is 11.7 Å². The predicted octanol–water partition coefficient (Wildman–Crippen LogP) is 2.04. The Bertz CT molecular complexity index is 561. The fourth-order valence-electron chi connectivity index (χ4n) is 1.40. The van der Waals surface area contributed by atoms with Crippen LogP contribution in [0.5, 0.6) is 0 Å². The number of aromatic nitrogens is 2. The van der Waals surface area contributed by atoms with Crippen LogP contribution >= 0.6 is 11.3 Å². The molecule has 0 spiro atoms. The maximum absolute atomic E-state index is 11.5. The predicted molar refractivity (Wildman–Crippen MR) is 64.4 cm³/mol. The minimum Gasteiger partial charge on any atom is -0.463 e. The summed E-state index contributed by atoms with van der Waals surface area (Å²) in [4.78, 5) is 20.6. The van der Waals surface area contributed by atoms with E-state index in [1.807, 2.05) is 6.92 Å². The maximum atomic E-state index is 11.5. The highest BCUT2D eigenvalue weighted by Crippen LogP contribution is 2.27. The zero-order chi connectivity index (χ0) is 13.1. The molecule has 0 aliphatic carbocycles. The molecule has 0 bridgehead atoms. The number of carbonyl (C=O) groups is 1. The van der Waals surface area contributed by atoms with Crippen LogP contribution in [-0.4, -0.2) is 30.2 Å². The third-order valence-electron chi connectivity index (χ3n) is 2.18. The minimum atomic E-state index is -0.568. The Kier molecular flexibility index (Phi) is 3.73. The lowest BCUT2D eigenvalue weighted by Gasteiger charge is -1.96. The number of hydrogen-bond donors (Lipinski definition) is 0. The molecule has 0 aliphatic heterocycles. The van der Waals surface area contributed by atoms with Crippen molar-refractivity contribution in [3.63, 3.8) is 0 Å². The van der Waals surface area contributed by atoms with Gasteiger partial charge in [-0.15, -0.1) is 11.3 Å². The van der Waals surface area contributed by atoms with E-state index in [9.17, 15) is 4.79 Å². The number of aryl methyl sites for hydroxylation is 1. The van der Waals surface area contributed by atoms with Crippen LogP contribution in [0, 0.1) is 6.92 Å². The molecule has 2 heterocycles. The first-order valence-electron chi connectivity index (χ1n) is 5.15. The van der Waals surface area contributed by atoms with E-state index < -0.39 is 5.97 Å². The Labute approximate surface area is 108 Å². The summed E-state index contributed by atoms with van der Waals surface area (Å²) in [6.45, 7) is 2.07. The molecule has 18 heavy (non-hydrogen) atoms. The Morgan fingerprint density at radius 1 is 1.50 bits per heavy atom. The van der Waals surface area contributed by atoms with Gasteiger partial charge in [0.15, 0.2) is 0 Å². The monoisotopic (exact) mass is 268 g/mol. The molecule has 96 valence electrons. The van der Waals surface area contributed by atoms with Gasteiger partial charge in [-0.3, -0.25) is 0 Å². The molecular formula is C11H12N2O4S. The van der Waals surface area contributed by atoms with Gasteiger partial charge >= 0.3 is 5.97 Å². The molecule has 6 nitrogen and oxygen atoms in total. The Morgan fingerprint density at radius 2 is 2.28 bits per heavy atom. The van der Waals surface area contributed by atoms with Crippen molar-refractivity contribution in [3.8, 4) is 10.8 Å². The molecule has 0 radical (unpaired) electrons. The normalized spacial score (nSPS) is 10.6. The van der Waals surface area contributed by atoms with Crippen molar-refractivity contribution in [2.45, 2.75) is 13.5 Å². The van der Waals surface area contributed by atoms with Crippen LogP contribution in [0.1, 0.15) is 21.3 Å². The third-order valence-corrected chi connectivity index (χ3v) is 3.08. The lowest BCUT2D eigenvalue weighted by molar-refractivity contribution is 0.0559. The van der Waals surface area contributed by atoms with Gasteiger partial charge in [0.05, 0.1) is 24.9 Å². The van der Waals surface area contributed by atoms with E-state index >= 15 is 0 Å². The second-order valence-corrected chi connectivity index (χ2v) is 4.70. The van der Waals surface area contributed by atoms with Crippen LogP contribution in [0.15, 0.2) is 10.6 Å². The summed E-state index contributed by atoms with van der Waals surface area (Å²) in [6.07, 6.45) is 1.66. The number of oxazole rings is 1. The fraction of sp³-hybridized carbons (Fsp3) is 0.364. The second kappa shape index (κ2) is 5.28. The highest BCUT2D eigenvalue weighted by Gasteiger charge is 2.22. The van der Waals surface area contributed by atoms with Crippen LogP contribution in [0.4, 0.5) is 0 Å². The van der Waals surface area contributed by atoms with Gasteiger partial charge in [-0.05, 0) is 6.92 Å². The molecule has 0 aromatic carbocycles. The molecule has 7 heteroatoms. The van der Waals surface area contributed by atoms with Crippen molar-refractivity contribution >= 4 is 17.3 Å². The van der Waals surface area contributed by atoms with Gasteiger partial charge in [0.1, 0.15) is 10.6 Å². The first kappa shape index (κ1) is 12.7. The van der Waals surface area contributed by atoms with E-state index in [1.165, 1.54) is 25.6 Å². The van der Waals surface area contributed by atoms with Crippen LogP contribution in [0.2, 0.25) is 0 Å². The zero-order valence-electron chi connectivity index (χ0n) is 10.2. The molecule has 0 saturated heterocycles. The standard InChI is InChI=1S/C11H12N2O4S/c1-6-12-4-8(18-6)10-13-7(5-15-2)9(17-10)11(14)16-3/h4H,5H2,1-3H3. The molecule has 0 amide bonds. The van der Waals surface area contributed by atoms with Crippen molar-refractivity contribution in [1.82, 2.24) is 9.97 Å². The topological polar surface area (TPSA) is 74.5 Å². The number of ether oxygens (including phenoxy) is 2. The molecule has 0 atom stereocenters. The van der Waals surface area contributed by atoms with Gasteiger partial charge in [0, 0.05) is 7.11 Å². The molecule has 2 rings (SSSR count). The van der Waals surface area contributed by atoms with Crippen molar-refractivity contribution in [3.05, 3.63) is 22.7 Å². The van der Waals surface area contributed by atoms with Crippen LogP contribution < -0.4 is 0 Å². The van der Waals surface area contributed by atoms with Crippen molar-refractivity contribution in [2.75, 3.05) is 14.2 Å². The van der Waals surface area contributed by atoms with Gasteiger partial charge < -0.3 is 13.9 Å². The van der Waals surface area contributed by atoms with Crippen LogP contribution in [0.3, 0.4) is 0 Å². The molecule has 0 fully saturated rings. The SMILES string of the molecule is COCc1nc(-c2cnc(C)s2)oc1C(=O)OC. The first-order chi connectivity index (χ1) is 8.65. The minimum absolute atomic E-state index is 0.0698. The quantitative estimate of drug-likeness (QED) is 0.790. The van der Waals surface area contributed by atoms with E-state index in [0.29, 0.717) is 11.6 Å². The molecule has 0 N–H and O–H groups in total. The van der Waals surface area contributed by atoms with Gasteiger partial charge in [-0.25, -0.2) is 14.8 Å². The molecule has 2 aromatic rings. The van der Waals surface area contributed by atoms with E-state index in [4.69, 9.17) is 9.15 Å². The number of hydrogen-bond acceptors (Lipinski definition) is 7. The largest absolute Gasteiger partial charge is 0.463 e. The van der Waals surface area contributed by atoms with E-state index in [-0.39, 0.29) is 12.4 Å². The van der Waals surface area contributed by atoms with E-state index in [0.717, 1.165) is 9.88 Å². The number of methoxy groups -OCH3 is 2. The Morgan fingerprint density at radius 3 is 2.83 bits per heavy atom. The lowest BCUT2D eigenvalue weighted by atomic mass is 10.3. The maximum Gasteiger partial charge on any atom is 0.376 e. The van der Waals surface area contributed by atoms with Crippen molar-refractivity contribution in [1.29, 1.82) is 0 Å².